The summed E-state index contributed by atoms with van der Waals surface area (Å²) in [5.41, 5.74) is 4.26. The van der Waals surface area contributed by atoms with Crippen LogP contribution in [0.1, 0.15) is 22.6 Å². The lowest BCUT2D eigenvalue weighted by molar-refractivity contribution is -0.903. The molecule has 0 aliphatic carbocycles. The maximum absolute atomic E-state index is 13.8. The quantitative estimate of drug-likeness (QED) is 0.668. The molecule has 0 saturated carbocycles. The Bertz CT molecular complexity index is 1120. The van der Waals surface area contributed by atoms with Crippen molar-refractivity contribution in [3.05, 3.63) is 101 Å². The molecule has 1 saturated heterocycles. The smallest absolute Gasteiger partial charge is 0.144 e. The summed E-state index contributed by atoms with van der Waals surface area (Å²) in [5, 5.41) is 0. The van der Waals surface area contributed by atoms with E-state index in [9.17, 15) is 4.39 Å². The van der Waals surface area contributed by atoms with Crippen LogP contribution in [-0.2, 0) is 4.74 Å². The molecular formula is C27H27FNO3+. The third-order valence-electron chi connectivity index (χ3n) is 6.28. The molecule has 5 heteroatoms. The Morgan fingerprint density at radius 2 is 1.66 bits per heavy atom. The third kappa shape index (κ3) is 4.01. The van der Waals surface area contributed by atoms with Crippen LogP contribution in [0, 0.1) is 5.82 Å². The maximum Gasteiger partial charge on any atom is 0.144 e. The van der Waals surface area contributed by atoms with Crippen LogP contribution in [0.15, 0.2) is 78.4 Å². The van der Waals surface area contributed by atoms with Gasteiger partial charge < -0.3 is 19.1 Å². The lowest BCUT2D eigenvalue weighted by atomic mass is 9.81. The van der Waals surface area contributed by atoms with Crippen LogP contribution in [0.25, 0.3) is 5.76 Å². The predicted molar refractivity (Wildman–Crippen MR) is 122 cm³/mol. The molecular weight excluding hydrogens is 405 g/mol. The molecule has 0 bridgehead atoms. The summed E-state index contributed by atoms with van der Waals surface area (Å²) in [5.74, 6) is 2.16. The van der Waals surface area contributed by atoms with Crippen LogP contribution in [-0.4, -0.2) is 40.0 Å². The second-order valence-corrected chi connectivity index (χ2v) is 8.22. The van der Waals surface area contributed by atoms with E-state index in [0.717, 1.165) is 66.8 Å². The number of quaternary nitrogens is 1. The van der Waals surface area contributed by atoms with E-state index in [2.05, 4.69) is 6.07 Å². The fourth-order valence-electron chi connectivity index (χ4n) is 4.69. The second kappa shape index (κ2) is 9.15. The highest BCUT2D eigenvalue weighted by atomic mass is 19.1. The topological polar surface area (TPSA) is 32.1 Å². The molecule has 1 N–H and O–H groups in total. The van der Waals surface area contributed by atoms with E-state index in [1.54, 1.807) is 7.11 Å². The fraction of sp³-hybridized carbons (Fsp3) is 0.259. The van der Waals surface area contributed by atoms with Crippen molar-refractivity contribution in [3.8, 4) is 11.5 Å². The molecule has 164 valence electrons. The zero-order valence-corrected chi connectivity index (χ0v) is 18.1. The Balaban J connectivity index is 1.71. The van der Waals surface area contributed by atoms with Crippen molar-refractivity contribution in [2.24, 2.45) is 0 Å². The first-order chi connectivity index (χ1) is 15.7. The van der Waals surface area contributed by atoms with Gasteiger partial charge in [0.2, 0.25) is 0 Å². The van der Waals surface area contributed by atoms with E-state index in [1.807, 2.05) is 54.6 Å². The zero-order chi connectivity index (χ0) is 21.9. The number of nitrogens with one attached hydrogen (secondary N) is 1. The minimum atomic E-state index is -0.233. The van der Waals surface area contributed by atoms with Crippen LogP contribution >= 0.6 is 0 Å². The maximum atomic E-state index is 13.8. The van der Waals surface area contributed by atoms with Gasteiger partial charge in [0.1, 0.15) is 42.7 Å². The lowest BCUT2D eigenvalue weighted by Gasteiger charge is -2.34. The number of ether oxygens (including phenoxy) is 3. The van der Waals surface area contributed by atoms with Gasteiger partial charge in [0.25, 0.3) is 0 Å². The first kappa shape index (κ1) is 20.7. The van der Waals surface area contributed by atoms with Crippen molar-refractivity contribution in [1.82, 2.24) is 0 Å². The number of hydrogen-bond acceptors (Lipinski definition) is 3. The van der Waals surface area contributed by atoms with Gasteiger partial charge >= 0.3 is 0 Å². The monoisotopic (exact) mass is 432 g/mol. The molecule has 1 atom stereocenters. The molecule has 0 amide bonds. The highest BCUT2D eigenvalue weighted by molar-refractivity contribution is 5.75. The summed E-state index contributed by atoms with van der Waals surface area (Å²) in [6.45, 7) is 4.21. The number of morpholine rings is 1. The molecule has 1 fully saturated rings. The number of methoxy groups -OCH3 is 1. The summed E-state index contributed by atoms with van der Waals surface area (Å²) in [4.78, 5) is 1.45. The van der Waals surface area contributed by atoms with Crippen molar-refractivity contribution < 1.29 is 23.5 Å². The van der Waals surface area contributed by atoms with Crippen LogP contribution in [0.2, 0.25) is 0 Å². The fourth-order valence-corrected chi connectivity index (χ4v) is 4.69. The van der Waals surface area contributed by atoms with E-state index in [0.29, 0.717) is 0 Å². The molecule has 3 aromatic carbocycles. The molecule has 32 heavy (non-hydrogen) atoms. The van der Waals surface area contributed by atoms with E-state index < -0.39 is 0 Å². The summed E-state index contributed by atoms with van der Waals surface area (Å²) in [6, 6.07) is 22.9. The largest absolute Gasteiger partial charge is 0.496 e. The Morgan fingerprint density at radius 3 is 2.44 bits per heavy atom. The van der Waals surface area contributed by atoms with Gasteiger partial charge in [-0.15, -0.1) is 0 Å². The summed E-state index contributed by atoms with van der Waals surface area (Å²) < 4.78 is 31.6. The first-order valence-electron chi connectivity index (χ1n) is 11.0. The number of halogens is 1. The summed E-state index contributed by atoms with van der Waals surface area (Å²) in [6.07, 6.45) is 0. The molecule has 2 aliphatic heterocycles. The molecule has 0 radical (unpaired) electrons. The molecule has 0 aromatic heterocycles. The molecule has 2 aliphatic rings. The SMILES string of the molecule is COc1ccccc1C1=C(C[NH+]2CCOCC2)C(c2ccc(F)cc2)c2ccccc2O1. The molecule has 5 rings (SSSR count). The van der Waals surface area contributed by atoms with E-state index >= 15 is 0 Å². The van der Waals surface area contributed by atoms with Crippen molar-refractivity contribution >= 4 is 5.76 Å². The van der Waals surface area contributed by atoms with Gasteiger partial charge in [-0.25, -0.2) is 4.39 Å². The number of benzene rings is 3. The van der Waals surface area contributed by atoms with Gasteiger partial charge in [-0.1, -0.05) is 42.5 Å². The average Bonchev–Trinajstić information content (AvgIpc) is 2.85. The Labute approximate surface area is 187 Å². The van der Waals surface area contributed by atoms with Crippen molar-refractivity contribution in [2.45, 2.75) is 5.92 Å². The van der Waals surface area contributed by atoms with E-state index in [4.69, 9.17) is 14.2 Å². The highest BCUT2D eigenvalue weighted by Crippen LogP contribution is 2.46. The highest BCUT2D eigenvalue weighted by Gasteiger charge is 2.35. The number of rotatable bonds is 5. The third-order valence-corrected chi connectivity index (χ3v) is 6.28. The standard InChI is InChI=1S/C27H26FNO3/c1-30-24-8-4-3-7-22(24)27-23(18-29-14-16-31-17-15-29)26(19-10-12-20(28)13-11-19)21-6-2-5-9-25(21)32-27/h2-13,26H,14-18H2,1H3/p+1. The number of hydrogen-bond donors (Lipinski definition) is 1. The van der Waals surface area contributed by atoms with Gasteiger partial charge in [-0.05, 0) is 35.9 Å². The number of para-hydroxylation sites is 2. The average molecular weight is 433 g/mol. The van der Waals surface area contributed by atoms with E-state index in [1.165, 1.54) is 22.6 Å². The molecule has 2 heterocycles. The Kier molecular flexibility index (Phi) is 5.93. The normalized spacial score (nSPS) is 18.8. The van der Waals surface area contributed by atoms with Gasteiger partial charge in [-0.3, -0.25) is 0 Å². The minimum Gasteiger partial charge on any atom is -0.496 e. The van der Waals surface area contributed by atoms with Crippen molar-refractivity contribution in [2.75, 3.05) is 40.0 Å². The molecule has 3 aromatic rings. The summed E-state index contributed by atoms with van der Waals surface area (Å²) >= 11 is 0. The molecule has 1 unspecified atom stereocenters. The second-order valence-electron chi connectivity index (χ2n) is 8.22. The lowest BCUT2D eigenvalue weighted by Crippen LogP contribution is -3.14. The van der Waals surface area contributed by atoms with Crippen LogP contribution in [0.4, 0.5) is 4.39 Å². The van der Waals surface area contributed by atoms with Gasteiger partial charge in [0.05, 0.1) is 25.9 Å². The summed E-state index contributed by atoms with van der Waals surface area (Å²) in [7, 11) is 1.68. The van der Waals surface area contributed by atoms with Crippen LogP contribution in [0.5, 0.6) is 11.5 Å². The van der Waals surface area contributed by atoms with Crippen LogP contribution < -0.4 is 14.4 Å². The molecule has 4 nitrogen and oxygen atoms in total. The van der Waals surface area contributed by atoms with Gasteiger partial charge in [0.15, 0.2) is 0 Å². The van der Waals surface area contributed by atoms with Crippen molar-refractivity contribution in [3.63, 3.8) is 0 Å². The predicted octanol–water partition coefficient (Wildman–Crippen LogP) is 3.69. The molecule has 0 spiro atoms. The Hall–Kier alpha value is -3.15. The Morgan fingerprint density at radius 1 is 0.938 bits per heavy atom. The first-order valence-corrected chi connectivity index (χ1v) is 11.0. The van der Waals surface area contributed by atoms with Crippen LogP contribution in [0.3, 0.4) is 0 Å². The minimum absolute atomic E-state index is 0.0317. The zero-order valence-electron chi connectivity index (χ0n) is 18.1. The van der Waals surface area contributed by atoms with Crippen molar-refractivity contribution in [1.29, 1.82) is 0 Å². The van der Waals surface area contributed by atoms with E-state index in [-0.39, 0.29) is 11.7 Å². The van der Waals surface area contributed by atoms with Gasteiger partial charge in [0, 0.05) is 17.1 Å². The van der Waals surface area contributed by atoms with Gasteiger partial charge in [-0.2, -0.15) is 0 Å². The number of fused-ring (bicyclic) bond motifs is 1.